The summed E-state index contributed by atoms with van der Waals surface area (Å²) in [5.41, 5.74) is 0. The Hall–Kier alpha value is 0.150. The van der Waals surface area contributed by atoms with Crippen molar-refractivity contribution in [3.63, 3.8) is 0 Å². The Morgan fingerprint density at radius 2 is 0.688 bits per heavy atom. The normalized spacial score (nSPS) is 12.0. The fourth-order valence-corrected chi connectivity index (χ4v) is 5.89. The smallest absolute Gasteiger partial charge is 0.309 e. The highest BCUT2D eigenvalue weighted by Gasteiger charge is 2.23. The Morgan fingerprint density at radius 1 is 0.406 bits per heavy atom. The van der Waals surface area contributed by atoms with Gasteiger partial charge in [0.1, 0.15) is 0 Å². The van der Waals surface area contributed by atoms with Gasteiger partial charge in [-0.05, 0) is 19.3 Å². The molecule has 0 saturated heterocycles. The lowest BCUT2D eigenvalue weighted by Crippen LogP contribution is -2.04. The SMILES string of the molecule is CCCCCCCCCCCCP(=O)(OCCCCCCCC)OCCCCCCCC. The van der Waals surface area contributed by atoms with E-state index in [4.69, 9.17) is 9.05 Å². The van der Waals surface area contributed by atoms with Gasteiger partial charge in [0.15, 0.2) is 0 Å². The monoisotopic (exact) mass is 474 g/mol. The minimum atomic E-state index is -2.92. The van der Waals surface area contributed by atoms with E-state index in [1.807, 2.05) is 0 Å². The zero-order chi connectivity index (χ0) is 23.6. The predicted octanol–water partition coefficient (Wildman–Crippen LogP) is 10.9. The molecule has 32 heavy (non-hydrogen) atoms. The number of hydrogen-bond acceptors (Lipinski definition) is 3. The van der Waals surface area contributed by atoms with Crippen LogP contribution in [0.1, 0.15) is 162 Å². The van der Waals surface area contributed by atoms with Crippen LogP contribution in [0.3, 0.4) is 0 Å². The standard InChI is InChI=1S/C28H59O3P/c1-4-7-10-13-16-17-18-19-22-25-28-32(29,30-26-23-20-14-11-8-5-2)31-27-24-21-15-12-9-6-3/h4-28H2,1-3H3. The first-order valence-corrected chi connectivity index (χ1v) is 16.3. The van der Waals surface area contributed by atoms with Gasteiger partial charge in [-0.1, -0.05) is 143 Å². The van der Waals surface area contributed by atoms with E-state index in [0.717, 1.165) is 25.7 Å². The van der Waals surface area contributed by atoms with Gasteiger partial charge in [-0.25, -0.2) is 0 Å². The van der Waals surface area contributed by atoms with Gasteiger partial charge in [0, 0.05) is 0 Å². The minimum Gasteiger partial charge on any atom is -0.309 e. The van der Waals surface area contributed by atoms with Crippen molar-refractivity contribution in [3.8, 4) is 0 Å². The fraction of sp³-hybridized carbons (Fsp3) is 1.00. The molecular formula is C28H59O3P. The van der Waals surface area contributed by atoms with Crippen molar-refractivity contribution < 1.29 is 13.6 Å². The van der Waals surface area contributed by atoms with E-state index in [1.165, 1.54) is 116 Å². The lowest BCUT2D eigenvalue weighted by Gasteiger charge is -2.19. The molecule has 4 heteroatoms. The molecule has 0 rings (SSSR count). The molecule has 3 nitrogen and oxygen atoms in total. The van der Waals surface area contributed by atoms with Crippen LogP contribution in [0, 0.1) is 0 Å². The third kappa shape index (κ3) is 23.3. The van der Waals surface area contributed by atoms with E-state index in [-0.39, 0.29) is 0 Å². The maximum atomic E-state index is 13.3. The second-order valence-electron chi connectivity index (χ2n) is 9.72. The van der Waals surface area contributed by atoms with Crippen LogP contribution < -0.4 is 0 Å². The topological polar surface area (TPSA) is 35.5 Å². The van der Waals surface area contributed by atoms with Crippen molar-refractivity contribution in [2.45, 2.75) is 162 Å². The average Bonchev–Trinajstić information content (AvgIpc) is 2.79. The Labute approximate surface area is 202 Å². The van der Waals surface area contributed by atoms with Crippen LogP contribution in [0.25, 0.3) is 0 Å². The third-order valence-electron chi connectivity index (χ3n) is 6.36. The van der Waals surface area contributed by atoms with Crippen LogP contribution in [0.2, 0.25) is 0 Å². The van der Waals surface area contributed by atoms with Crippen molar-refractivity contribution in [2.75, 3.05) is 19.4 Å². The molecule has 0 aromatic carbocycles. The molecule has 0 saturated carbocycles. The van der Waals surface area contributed by atoms with Crippen molar-refractivity contribution in [1.29, 1.82) is 0 Å². The lowest BCUT2D eigenvalue weighted by molar-refractivity contribution is 0.197. The first-order valence-electron chi connectivity index (χ1n) is 14.6. The van der Waals surface area contributed by atoms with E-state index in [1.54, 1.807) is 0 Å². The Bertz CT molecular complexity index is 378. The van der Waals surface area contributed by atoms with Gasteiger partial charge < -0.3 is 9.05 Å². The van der Waals surface area contributed by atoms with Crippen molar-refractivity contribution in [1.82, 2.24) is 0 Å². The summed E-state index contributed by atoms with van der Waals surface area (Å²) in [6.07, 6.45) is 28.2. The molecule has 0 aliphatic rings. The van der Waals surface area contributed by atoms with Gasteiger partial charge in [-0.2, -0.15) is 0 Å². The zero-order valence-electron chi connectivity index (χ0n) is 22.3. The average molecular weight is 475 g/mol. The number of unbranched alkanes of at least 4 members (excludes halogenated alkanes) is 19. The molecule has 0 heterocycles. The van der Waals surface area contributed by atoms with E-state index in [0.29, 0.717) is 19.4 Å². The molecule has 0 N–H and O–H groups in total. The van der Waals surface area contributed by atoms with Crippen LogP contribution in [0.4, 0.5) is 0 Å². The summed E-state index contributed by atoms with van der Waals surface area (Å²) < 4.78 is 25.1. The highest BCUT2D eigenvalue weighted by atomic mass is 31.2. The molecular weight excluding hydrogens is 415 g/mol. The molecule has 0 aliphatic carbocycles. The molecule has 0 aliphatic heterocycles. The highest BCUT2D eigenvalue weighted by molar-refractivity contribution is 7.53. The van der Waals surface area contributed by atoms with Crippen molar-refractivity contribution in [3.05, 3.63) is 0 Å². The van der Waals surface area contributed by atoms with Gasteiger partial charge in [0.05, 0.1) is 19.4 Å². The van der Waals surface area contributed by atoms with Gasteiger partial charge >= 0.3 is 7.60 Å². The summed E-state index contributed by atoms with van der Waals surface area (Å²) in [5.74, 6) is 0. The fourth-order valence-electron chi connectivity index (χ4n) is 4.13. The second kappa shape index (κ2) is 25.8. The Balaban J connectivity index is 4.02. The number of hydrogen-bond donors (Lipinski definition) is 0. The largest absolute Gasteiger partial charge is 0.330 e. The first kappa shape index (κ1) is 32.1. The summed E-state index contributed by atoms with van der Waals surface area (Å²) in [6, 6.07) is 0. The van der Waals surface area contributed by atoms with Gasteiger partial charge in [0.2, 0.25) is 0 Å². The first-order chi connectivity index (χ1) is 15.7. The molecule has 0 amide bonds. The van der Waals surface area contributed by atoms with Crippen LogP contribution >= 0.6 is 7.60 Å². The molecule has 0 fully saturated rings. The van der Waals surface area contributed by atoms with E-state index in [9.17, 15) is 4.57 Å². The number of rotatable bonds is 27. The molecule has 0 spiro atoms. The lowest BCUT2D eigenvalue weighted by atomic mass is 10.1. The second-order valence-corrected chi connectivity index (χ2v) is 11.9. The van der Waals surface area contributed by atoms with Crippen LogP contribution in [0.15, 0.2) is 0 Å². The van der Waals surface area contributed by atoms with Crippen LogP contribution in [0.5, 0.6) is 0 Å². The molecule has 0 radical (unpaired) electrons. The molecule has 0 unspecified atom stereocenters. The van der Waals surface area contributed by atoms with E-state index in [2.05, 4.69) is 20.8 Å². The molecule has 0 atom stereocenters. The predicted molar refractivity (Wildman–Crippen MR) is 143 cm³/mol. The van der Waals surface area contributed by atoms with Gasteiger partial charge in [-0.15, -0.1) is 0 Å². The maximum Gasteiger partial charge on any atom is 0.330 e. The maximum absolute atomic E-state index is 13.3. The Morgan fingerprint density at radius 3 is 1.03 bits per heavy atom. The summed E-state index contributed by atoms with van der Waals surface area (Å²) >= 11 is 0. The summed E-state index contributed by atoms with van der Waals surface area (Å²) in [6.45, 7) is 7.95. The minimum absolute atomic E-state index is 0.595. The van der Waals surface area contributed by atoms with E-state index >= 15 is 0 Å². The van der Waals surface area contributed by atoms with Crippen LogP contribution in [-0.4, -0.2) is 19.4 Å². The molecule has 0 aromatic rings. The Kier molecular flexibility index (Phi) is 25.9. The van der Waals surface area contributed by atoms with Crippen LogP contribution in [-0.2, 0) is 13.6 Å². The summed E-state index contributed by atoms with van der Waals surface area (Å²) in [7, 11) is -2.92. The quantitative estimate of drug-likeness (QED) is 0.0877. The molecule has 194 valence electrons. The highest BCUT2D eigenvalue weighted by Crippen LogP contribution is 2.49. The summed E-state index contributed by atoms with van der Waals surface area (Å²) in [5, 5.41) is 0. The van der Waals surface area contributed by atoms with Gasteiger partial charge in [0.25, 0.3) is 0 Å². The zero-order valence-corrected chi connectivity index (χ0v) is 23.2. The molecule has 0 bridgehead atoms. The van der Waals surface area contributed by atoms with E-state index < -0.39 is 7.60 Å². The van der Waals surface area contributed by atoms with Crippen molar-refractivity contribution in [2.24, 2.45) is 0 Å². The molecule has 0 aromatic heterocycles. The van der Waals surface area contributed by atoms with Crippen molar-refractivity contribution >= 4 is 7.60 Å². The van der Waals surface area contributed by atoms with Gasteiger partial charge in [-0.3, -0.25) is 4.57 Å². The third-order valence-corrected chi connectivity index (χ3v) is 8.37. The summed E-state index contributed by atoms with van der Waals surface area (Å²) in [4.78, 5) is 0.